The first-order valence-corrected chi connectivity index (χ1v) is 6.95. The maximum atomic E-state index is 9.39. The molecule has 3 rings (SSSR count). The molecule has 0 saturated heterocycles. The summed E-state index contributed by atoms with van der Waals surface area (Å²) < 4.78 is 7.19. The molecule has 0 radical (unpaired) electrons. The monoisotopic (exact) mass is 266 g/mol. The van der Waals surface area contributed by atoms with Crippen LogP contribution in [-0.4, -0.2) is 14.5 Å². The molecule has 0 aromatic carbocycles. The number of aromatic nitrogens is 2. The van der Waals surface area contributed by atoms with Gasteiger partial charge >= 0.3 is 0 Å². The van der Waals surface area contributed by atoms with Crippen LogP contribution in [0.1, 0.15) is 11.5 Å². The Balaban J connectivity index is 1.86. The molecule has 0 saturated carbocycles. The zero-order chi connectivity index (χ0) is 11.7. The third kappa shape index (κ3) is 1.99. The van der Waals surface area contributed by atoms with Gasteiger partial charge in [-0.3, -0.25) is 4.40 Å². The second kappa shape index (κ2) is 4.56. The number of nitrogens with zero attached hydrogens (tertiary/aromatic N) is 2. The highest BCUT2D eigenvalue weighted by molar-refractivity contribution is 7.98. The van der Waals surface area contributed by atoms with E-state index in [0.717, 1.165) is 27.2 Å². The lowest BCUT2D eigenvalue weighted by molar-refractivity contribution is 0.272. The van der Waals surface area contributed by atoms with Crippen molar-refractivity contribution in [2.24, 2.45) is 0 Å². The predicted octanol–water partition coefficient (Wildman–Crippen LogP) is 2.77. The van der Waals surface area contributed by atoms with E-state index in [9.17, 15) is 5.11 Å². The lowest BCUT2D eigenvalue weighted by Gasteiger charge is -1.98. The molecule has 0 aliphatic heterocycles. The third-order valence-corrected chi connectivity index (χ3v) is 4.19. The summed E-state index contributed by atoms with van der Waals surface area (Å²) in [5.74, 6) is 1.64. The molecule has 0 spiro atoms. The highest BCUT2D eigenvalue weighted by Crippen LogP contribution is 2.28. The molecule has 0 bridgehead atoms. The number of imidazole rings is 1. The average Bonchev–Trinajstić information content (AvgIpc) is 3.02. The molecule has 0 aliphatic carbocycles. The Hall–Kier alpha value is -1.24. The Kier molecular flexibility index (Phi) is 2.92. The molecule has 0 fully saturated rings. The van der Waals surface area contributed by atoms with Crippen molar-refractivity contribution in [1.29, 1.82) is 0 Å². The minimum absolute atomic E-state index is 0.00160. The Morgan fingerprint density at radius 2 is 2.47 bits per heavy atom. The number of thioether (sulfide) groups is 1. The summed E-state index contributed by atoms with van der Waals surface area (Å²) in [5, 5.41) is 12.2. The number of aliphatic hydroxyl groups excluding tert-OH is 1. The van der Waals surface area contributed by atoms with Crippen LogP contribution in [-0.2, 0) is 12.4 Å². The van der Waals surface area contributed by atoms with E-state index < -0.39 is 0 Å². The van der Waals surface area contributed by atoms with Gasteiger partial charge in [0.1, 0.15) is 10.8 Å². The molecule has 3 heterocycles. The topological polar surface area (TPSA) is 50.7 Å². The molecular formula is C11H10N2O2S2. The fraction of sp³-hybridized carbons (Fsp3) is 0.182. The molecule has 0 amide bonds. The van der Waals surface area contributed by atoms with Gasteiger partial charge in [-0.1, -0.05) is 11.8 Å². The molecule has 0 unspecified atom stereocenters. The highest BCUT2D eigenvalue weighted by Gasteiger charge is 2.13. The van der Waals surface area contributed by atoms with Gasteiger partial charge in [0.2, 0.25) is 0 Å². The van der Waals surface area contributed by atoms with E-state index in [0.29, 0.717) is 0 Å². The van der Waals surface area contributed by atoms with Gasteiger partial charge in [-0.05, 0) is 12.1 Å². The normalized spacial score (nSPS) is 11.4. The van der Waals surface area contributed by atoms with Crippen LogP contribution in [0.15, 0.2) is 39.4 Å². The summed E-state index contributed by atoms with van der Waals surface area (Å²) in [7, 11) is 0. The fourth-order valence-corrected chi connectivity index (χ4v) is 3.32. The van der Waals surface area contributed by atoms with Crippen LogP contribution in [0.4, 0.5) is 0 Å². The first-order valence-electron chi connectivity index (χ1n) is 5.09. The van der Waals surface area contributed by atoms with E-state index in [-0.39, 0.29) is 6.61 Å². The zero-order valence-corrected chi connectivity index (χ0v) is 10.5. The minimum atomic E-state index is -0.00160. The van der Waals surface area contributed by atoms with E-state index in [4.69, 9.17) is 4.42 Å². The summed E-state index contributed by atoms with van der Waals surface area (Å²) in [4.78, 5) is 5.40. The van der Waals surface area contributed by atoms with E-state index in [1.807, 2.05) is 28.1 Å². The van der Waals surface area contributed by atoms with Crippen molar-refractivity contribution in [1.82, 2.24) is 9.38 Å². The van der Waals surface area contributed by atoms with Crippen molar-refractivity contribution >= 4 is 28.1 Å². The molecule has 4 nitrogen and oxygen atoms in total. The van der Waals surface area contributed by atoms with Gasteiger partial charge in [0.05, 0.1) is 24.3 Å². The average molecular weight is 266 g/mol. The maximum Gasteiger partial charge on any atom is 0.195 e. The van der Waals surface area contributed by atoms with Gasteiger partial charge in [-0.15, -0.1) is 11.3 Å². The summed E-state index contributed by atoms with van der Waals surface area (Å²) in [6.45, 7) is -0.00160. The number of fused-ring (bicyclic) bond motifs is 1. The Morgan fingerprint density at radius 1 is 1.53 bits per heavy atom. The first-order chi connectivity index (χ1) is 8.38. The van der Waals surface area contributed by atoms with Gasteiger partial charge in [0.15, 0.2) is 4.96 Å². The molecule has 3 aromatic rings. The Bertz CT molecular complexity index is 613. The summed E-state index contributed by atoms with van der Waals surface area (Å²) in [6, 6.07) is 3.80. The molecule has 0 atom stereocenters. The van der Waals surface area contributed by atoms with Crippen LogP contribution in [0.2, 0.25) is 0 Å². The van der Waals surface area contributed by atoms with E-state index in [1.165, 1.54) is 0 Å². The van der Waals surface area contributed by atoms with Crippen LogP contribution < -0.4 is 0 Å². The Morgan fingerprint density at radius 3 is 3.24 bits per heavy atom. The molecule has 1 N–H and O–H groups in total. The van der Waals surface area contributed by atoms with Crippen molar-refractivity contribution in [3.8, 4) is 0 Å². The first kappa shape index (κ1) is 10.9. The Labute approximate surface area is 106 Å². The van der Waals surface area contributed by atoms with E-state index in [1.54, 1.807) is 29.4 Å². The molecular weight excluding hydrogens is 256 g/mol. The number of aliphatic hydroxyl groups is 1. The van der Waals surface area contributed by atoms with E-state index >= 15 is 0 Å². The van der Waals surface area contributed by atoms with Crippen molar-refractivity contribution in [3.05, 3.63) is 41.4 Å². The number of furan rings is 1. The highest BCUT2D eigenvalue weighted by atomic mass is 32.2. The minimum Gasteiger partial charge on any atom is -0.468 e. The quantitative estimate of drug-likeness (QED) is 0.738. The standard InChI is InChI=1S/C11H10N2O2S2/c14-6-9-10(12-11-13(9)3-5-16-11)17-7-8-2-1-4-15-8/h1-5,14H,6-7H2. The summed E-state index contributed by atoms with van der Waals surface area (Å²) in [5.41, 5.74) is 0.845. The summed E-state index contributed by atoms with van der Waals surface area (Å²) in [6.07, 6.45) is 3.59. The van der Waals surface area contributed by atoms with Crippen LogP contribution in [0, 0.1) is 0 Å². The second-order valence-corrected chi connectivity index (χ2v) is 5.28. The van der Waals surface area contributed by atoms with Gasteiger partial charge in [-0.2, -0.15) is 0 Å². The zero-order valence-electron chi connectivity index (χ0n) is 8.87. The van der Waals surface area contributed by atoms with Crippen LogP contribution in [0.5, 0.6) is 0 Å². The SMILES string of the molecule is OCc1c(SCc2ccco2)nc2sccn12. The predicted molar refractivity (Wildman–Crippen MR) is 67.3 cm³/mol. The third-order valence-electron chi connectivity index (χ3n) is 2.41. The number of hydrogen-bond donors (Lipinski definition) is 1. The van der Waals surface area contributed by atoms with Crippen molar-refractivity contribution < 1.29 is 9.52 Å². The van der Waals surface area contributed by atoms with Gasteiger partial charge in [-0.25, -0.2) is 4.98 Å². The fourth-order valence-electron chi connectivity index (χ4n) is 1.61. The molecule has 88 valence electrons. The van der Waals surface area contributed by atoms with Gasteiger partial charge in [0.25, 0.3) is 0 Å². The van der Waals surface area contributed by atoms with Crippen molar-refractivity contribution in [3.63, 3.8) is 0 Å². The molecule has 0 aliphatic rings. The van der Waals surface area contributed by atoms with Crippen molar-refractivity contribution in [2.45, 2.75) is 17.4 Å². The number of rotatable bonds is 4. The maximum absolute atomic E-state index is 9.39. The molecule has 17 heavy (non-hydrogen) atoms. The van der Waals surface area contributed by atoms with Crippen LogP contribution >= 0.6 is 23.1 Å². The van der Waals surface area contributed by atoms with Gasteiger partial charge in [0, 0.05) is 11.6 Å². The second-order valence-electron chi connectivity index (χ2n) is 3.45. The lowest BCUT2D eigenvalue weighted by atomic mass is 10.5. The van der Waals surface area contributed by atoms with Gasteiger partial charge < -0.3 is 9.52 Å². The van der Waals surface area contributed by atoms with Crippen LogP contribution in [0.3, 0.4) is 0 Å². The van der Waals surface area contributed by atoms with Crippen LogP contribution in [0.25, 0.3) is 4.96 Å². The largest absolute Gasteiger partial charge is 0.468 e. The molecule has 3 aromatic heterocycles. The summed E-state index contributed by atoms with van der Waals surface area (Å²) >= 11 is 3.15. The van der Waals surface area contributed by atoms with Crippen molar-refractivity contribution in [2.75, 3.05) is 0 Å². The smallest absolute Gasteiger partial charge is 0.195 e. The van der Waals surface area contributed by atoms with E-state index in [2.05, 4.69) is 4.98 Å². The molecule has 6 heteroatoms. The lowest BCUT2D eigenvalue weighted by Crippen LogP contribution is -1.91. The number of hydrogen-bond acceptors (Lipinski definition) is 5. The number of thiazole rings is 1.